The summed E-state index contributed by atoms with van der Waals surface area (Å²) in [5.74, 6) is 0. The molecule has 4 N–H and O–H groups in total. The first-order chi connectivity index (χ1) is 5.57. The summed E-state index contributed by atoms with van der Waals surface area (Å²) in [6, 6.07) is -0.515. The zero-order valence-corrected chi connectivity index (χ0v) is 7.18. The van der Waals surface area contributed by atoms with Gasteiger partial charge in [0, 0.05) is 7.11 Å². The van der Waals surface area contributed by atoms with E-state index in [0.29, 0.717) is 0 Å². The Morgan fingerprint density at radius 3 is 2.50 bits per heavy atom. The lowest BCUT2D eigenvalue weighted by Crippen LogP contribution is -2.60. The van der Waals surface area contributed by atoms with Gasteiger partial charge in [0.1, 0.15) is 12.2 Å². The number of nitrogens with two attached hydrogens (primary N) is 1. The van der Waals surface area contributed by atoms with Crippen LogP contribution in [-0.2, 0) is 9.47 Å². The average Bonchev–Trinajstić information content (AvgIpc) is 2.01. The number of ether oxygens (including phenoxy) is 2. The Kier molecular flexibility index (Phi) is 3.03. The molecule has 1 aliphatic heterocycles. The highest BCUT2D eigenvalue weighted by Crippen LogP contribution is 2.19. The standard InChI is InChI=1S/C7H15NO4/c1-3-4(8)5(9)6(11-2)7(10)12-3/h3-7,9-10H,8H2,1-2H3/t3-,4-,5+,6-,7-/m0/s1. The van der Waals surface area contributed by atoms with Crippen LogP contribution >= 0.6 is 0 Å². The van der Waals surface area contributed by atoms with E-state index < -0.39 is 24.5 Å². The molecule has 12 heavy (non-hydrogen) atoms. The van der Waals surface area contributed by atoms with E-state index in [1.807, 2.05) is 0 Å². The Balaban J connectivity index is 2.65. The molecule has 1 rings (SSSR count). The number of aliphatic hydroxyl groups is 2. The summed E-state index contributed by atoms with van der Waals surface area (Å²) in [5.41, 5.74) is 5.58. The van der Waals surface area contributed by atoms with Gasteiger partial charge in [-0.15, -0.1) is 0 Å². The summed E-state index contributed by atoms with van der Waals surface area (Å²) in [6.07, 6.45) is -3.09. The van der Waals surface area contributed by atoms with Crippen LogP contribution in [0.5, 0.6) is 0 Å². The Morgan fingerprint density at radius 1 is 1.42 bits per heavy atom. The topological polar surface area (TPSA) is 84.9 Å². The Hall–Kier alpha value is -0.200. The van der Waals surface area contributed by atoms with Crippen LogP contribution in [0.1, 0.15) is 6.92 Å². The van der Waals surface area contributed by atoms with E-state index in [0.717, 1.165) is 0 Å². The van der Waals surface area contributed by atoms with Crippen molar-refractivity contribution < 1.29 is 19.7 Å². The number of aliphatic hydroxyl groups excluding tert-OH is 2. The molecule has 5 atom stereocenters. The third kappa shape index (κ3) is 1.60. The quantitative estimate of drug-likeness (QED) is 0.450. The van der Waals surface area contributed by atoms with E-state index in [9.17, 15) is 10.2 Å². The average molecular weight is 177 g/mol. The third-order valence-corrected chi connectivity index (χ3v) is 2.18. The van der Waals surface area contributed by atoms with Gasteiger partial charge >= 0.3 is 0 Å². The van der Waals surface area contributed by atoms with Crippen molar-refractivity contribution in [2.45, 2.75) is 37.6 Å². The van der Waals surface area contributed by atoms with E-state index in [-0.39, 0.29) is 6.10 Å². The van der Waals surface area contributed by atoms with Crippen molar-refractivity contribution in [3.63, 3.8) is 0 Å². The van der Waals surface area contributed by atoms with Crippen LogP contribution in [-0.4, -0.2) is 48.0 Å². The molecule has 0 saturated carbocycles. The van der Waals surface area contributed by atoms with Crippen LogP contribution in [0.15, 0.2) is 0 Å². The summed E-state index contributed by atoms with van der Waals surface area (Å²) >= 11 is 0. The lowest BCUT2D eigenvalue weighted by Gasteiger charge is -2.39. The lowest BCUT2D eigenvalue weighted by molar-refractivity contribution is -0.256. The highest BCUT2D eigenvalue weighted by Gasteiger charge is 2.40. The second-order valence-electron chi connectivity index (χ2n) is 3.00. The number of hydrogen-bond acceptors (Lipinski definition) is 5. The van der Waals surface area contributed by atoms with Crippen molar-refractivity contribution in [1.29, 1.82) is 0 Å². The fraction of sp³-hybridized carbons (Fsp3) is 1.00. The van der Waals surface area contributed by atoms with Crippen molar-refractivity contribution >= 4 is 0 Å². The van der Waals surface area contributed by atoms with Crippen LogP contribution in [0.4, 0.5) is 0 Å². The molecule has 0 bridgehead atoms. The van der Waals surface area contributed by atoms with Gasteiger partial charge in [-0.2, -0.15) is 0 Å². The number of hydrogen-bond donors (Lipinski definition) is 3. The normalized spacial score (nSPS) is 49.2. The van der Waals surface area contributed by atoms with Crippen LogP contribution in [0, 0.1) is 0 Å². The van der Waals surface area contributed by atoms with Gasteiger partial charge in [0.2, 0.25) is 0 Å². The molecule has 1 saturated heterocycles. The molecule has 0 aromatic heterocycles. The lowest BCUT2D eigenvalue weighted by atomic mass is 9.98. The molecule has 0 aromatic carbocycles. The molecule has 1 heterocycles. The van der Waals surface area contributed by atoms with E-state index in [2.05, 4.69) is 0 Å². The van der Waals surface area contributed by atoms with Crippen molar-refractivity contribution in [3.8, 4) is 0 Å². The van der Waals surface area contributed by atoms with E-state index in [4.69, 9.17) is 15.2 Å². The minimum atomic E-state index is -1.10. The minimum absolute atomic E-state index is 0.360. The van der Waals surface area contributed by atoms with Gasteiger partial charge in [-0.3, -0.25) is 0 Å². The van der Waals surface area contributed by atoms with Gasteiger partial charge < -0.3 is 25.4 Å². The largest absolute Gasteiger partial charge is 0.388 e. The van der Waals surface area contributed by atoms with Crippen molar-refractivity contribution in [3.05, 3.63) is 0 Å². The maximum absolute atomic E-state index is 9.49. The summed E-state index contributed by atoms with van der Waals surface area (Å²) in [6.45, 7) is 1.70. The Bertz CT molecular complexity index is 154. The highest BCUT2D eigenvalue weighted by atomic mass is 16.6. The van der Waals surface area contributed by atoms with Crippen LogP contribution in [0.2, 0.25) is 0 Å². The predicted octanol–water partition coefficient (Wildman–Crippen LogP) is -1.57. The minimum Gasteiger partial charge on any atom is -0.388 e. The maximum Gasteiger partial charge on any atom is 0.184 e. The van der Waals surface area contributed by atoms with Crippen LogP contribution < -0.4 is 5.73 Å². The maximum atomic E-state index is 9.49. The molecular formula is C7H15NO4. The molecule has 0 radical (unpaired) electrons. The van der Waals surface area contributed by atoms with Crippen LogP contribution in [0.25, 0.3) is 0 Å². The summed E-state index contributed by atoms with van der Waals surface area (Å²) < 4.78 is 9.85. The Labute approximate surface area is 71.1 Å². The zero-order chi connectivity index (χ0) is 9.30. The molecule has 0 spiro atoms. The van der Waals surface area contributed by atoms with Gasteiger partial charge in [-0.1, -0.05) is 0 Å². The SMILES string of the molecule is CO[C@H]1[C@H](O)[C@@H](N)[C@H](C)O[C@@H]1O. The van der Waals surface area contributed by atoms with E-state index in [1.165, 1.54) is 7.11 Å². The van der Waals surface area contributed by atoms with Gasteiger partial charge in [0.25, 0.3) is 0 Å². The number of rotatable bonds is 1. The molecule has 1 fully saturated rings. The molecule has 0 aliphatic carbocycles. The smallest absolute Gasteiger partial charge is 0.184 e. The first-order valence-electron chi connectivity index (χ1n) is 3.88. The second-order valence-corrected chi connectivity index (χ2v) is 3.00. The van der Waals surface area contributed by atoms with Crippen LogP contribution in [0.3, 0.4) is 0 Å². The van der Waals surface area contributed by atoms with Gasteiger partial charge in [-0.05, 0) is 6.92 Å². The second kappa shape index (κ2) is 3.68. The molecule has 0 unspecified atom stereocenters. The van der Waals surface area contributed by atoms with E-state index in [1.54, 1.807) is 6.92 Å². The van der Waals surface area contributed by atoms with E-state index >= 15 is 0 Å². The summed E-state index contributed by atoms with van der Waals surface area (Å²) in [7, 11) is 1.39. The fourth-order valence-corrected chi connectivity index (χ4v) is 1.31. The van der Waals surface area contributed by atoms with Crippen molar-refractivity contribution in [2.75, 3.05) is 7.11 Å². The zero-order valence-electron chi connectivity index (χ0n) is 7.18. The predicted molar refractivity (Wildman–Crippen MR) is 41.3 cm³/mol. The first kappa shape index (κ1) is 9.88. The molecule has 5 heteroatoms. The molecular weight excluding hydrogens is 162 g/mol. The molecule has 0 amide bonds. The molecule has 5 nitrogen and oxygen atoms in total. The highest BCUT2D eigenvalue weighted by molar-refractivity contribution is 4.90. The monoisotopic (exact) mass is 177 g/mol. The van der Waals surface area contributed by atoms with Gasteiger partial charge in [-0.25, -0.2) is 0 Å². The van der Waals surface area contributed by atoms with Crippen molar-refractivity contribution in [1.82, 2.24) is 0 Å². The molecule has 0 aromatic rings. The third-order valence-electron chi connectivity index (χ3n) is 2.18. The molecule has 1 aliphatic rings. The first-order valence-corrected chi connectivity index (χ1v) is 3.88. The summed E-state index contributed by atoms with van der Waals surface area (Å²) in [4.78, 5) is 0. The van der Waals surface area contributed by atoms with Crippen molar-refractivity contribution in [2.24, 2.45) is 5.73 Å². The van der Waals surface area contributed by atoms with Gasteiger partial charge in [0.15, 0.2) is 6.29 Å². The molecule has 72 valence electrons. The fourth-order valence-electron chi connectivity index (χ4n) is 1.31. The Morgan fingerprint density at radius 2 is 2.00 bits per heavy atom. The number of methoxy groups -OCH3 is 1. The van der Waals surface area contributed by atoms with Gasteiger partial charge in [0.05, 0.1) is 12.1 Å². The summed E-state index contributed by atoms with van der Waals surface area (Å²) in [5, 5.41) is 18.8.